The highest BCUT2D eigenvalue weighted by atomic mass is 32.2. The Kier molecular flexibility index (Phi) is 6.69. The van der Waals surface area contributed by atoms with Crippen molar-refractivity contribution in [2.45, 2.75) is 24.9 Å². The van der Waals surface area contributed by atoms with Crippen LogP contribution in [0, 0.1) is 5.82 Å². The van der Waals surface area contributed by atoms with Crippen molar-refractivity contribution >= 4 is 23.5 Å². The van der Waals surface area contributed by atoms with E-state index in [2.05, 4.69) is 15.5 Å². The van der Waals surface area contributed by atoms with Gasteiger partial charge in [-0.2, -0.15) is 0 Å². The van der Waals surface area contributed by atoms with Crippen LogP contribution in [0.25, 0.3) is 5.69 Å². The van der Waals surface area contributed by atoms with Crippen LogP contribution in [0.15, 0.2) is 47.6 Å². The lowest BCUT2D eigenvalue weighted by Gasteiger charge is -2.11. The molecule has 1 amide bonds. The Morgan fingerprint density at radius 3 is 2.69 bits per heavy atom. The predicted octanol–water partition coefficient (Wildman–Crippen LogP) is 3.18. The van der Waals surface area contributed by atoms with E-state index >= 15 is 0 Å². The molecule has 4 rings (SSSR count). The van der Waals surface area contributed by atoms with Crippen molar-refractivity contribution < 1.29 is 23.5 Å². The first-order valence-electron chi connectivity index (χ1n) is 10.0. The highest BCUT2D eigenvalue weighted by Gasteiger charge is 2.20. The minimum Gasteiger partial charge on any atom is -0.454 e. The number of ketones is 1. The number of aromatic nitrogens is 3. The summed E-state index contributed by atoms with van der Waals surface area (Å²) in [7, 11) is 0. The molecule has 1 aromatic heterocycles. The molecule has 0 aliphatic carbocycles. The van der Waals surface area contributed by atoms with Gasteiger partial charge in [0, 0.05) is 31.5 Å². The molecule has 1 aliphatic heterocycles. The Labute approximate surface area is 188 Å². The van der Waals surface area contributed by atoms with Crippen LogP contribution in [0.1, 0.15) is 29.5 Å². The third-order valence-corrected chi connectivity index (χ3v) is 5.69. The van der Waals surface area contributed by atoms with E-state index in [1.807, 2.05) is 22.8 Å². The van der Waals surface area contributed by atoms with Crippen molar-refractivity contribution in [2.24, 2.45) is 0 Å². The van der Waals surface area contributed by atoms with Gasteiger partial charge in [-0.25, -0.2) is 4.39 Å². The van der Waals surface area contributed by atoms with Gasteiger partial charge in [0.2, 0.25) is 12.7 Å². The topological polar surface area (TPSA) is 95.3 Å². The molecule has 0 atom stereocenters. The number of carbonyl (C=O) groups is 2. The van der Waals surface area contributed by atoms with E-state index in [0.717, 1.165) is 5.69 Å². The summed E-state index contributed by atoms with van der Waals surface area (Å²) in [5.41, 5.74) is 1.22. The number of benzene rings is 2. The maximum atomic E-state index is 13.1. The van der Waals surface area contributed by atoms with Crippen molar-refractivity contribution in [1.82, 2.24) is 20.1 Å². The summed E-state index contributed by atoms with van der Waals surface area (Å²) in [5, 5.41) is 11.9. The Bertz CT molecular complexity index is 1130. The number of thioether (sulfide) groups is 1. The summed E-state index contributed by atoms with van der Waals surface area (Å²) in [6, 6.07) is 11.0. The summed E-state index contributed by atoms with van der Waals surface area (Å²) in [6.07, 6.45) is 1.26. The lowest BCUT2D eigenvalue weighted by Crippen LogP contribution is -2.21. The van der Waals surface area contributed by atoms with E-state index in [0.29, 0.717) is 47.4 Å². The van der Waals surface area contributed by atoms with Gasteiger partial charge >= 0.3 is 0 Å². The van der Waals surface area contributed by atoms with E-state index in [1.54, 1.807) is 0 Å². The number of ether oxygens (including phenoxy) is 2. The lowest BCUT2D eigenvalue weighted by atomic mass is 10.1. The molecule has 32 heavy (non-hydrogen) atoms. The molecule has 8 nitrogen and oxygen atoms in total. The van der Waals surface area contributed by atoms with Crippen LogP contribution >= 0.6 is 11.8 Å². The number of aryl methyl sites for hydroxylation is 1. The van der Waals surface area contributed by atoms with Gasteiger partial charge in [-0.05, 0) is 42.8 Å². The second-order valence-electron chi connectivity index (χ2n) is 7.08. The van der Waals surface area contributed by atoms with Gasteiger partial charge in [-0.1, -0.05) is 11.8 Å². The molecule has 0 spiro atoms. The van der Waals surface area contributed by atoms with Gasteiger partial charge in [-0.15, -0.1) is 10.2 Å². The minimum atomic E-state index is -0.388. The van der Waals surface area contributed by atoms with Gasteiger partial charge < -0.3 is 14.8 Å². The zero-order chi connectivity index (χ0) is 22.5. The number of fused-ring (bicyclic) bond motifs is 1. The minimum absolute atomic E-state index is 0.0854. The van der Waals surface area contributed by atoms with E-state index in [4.69, 9.17) is 9.47 Å². The summed E-state index contributed by atoms with van der Waals surface area (Å²) in [6.45, 7) is 2.16. The van der Waals surface area contributed by atoms with Crippen molar-refractivity contribution in [2.75, 3.05) is 19.1 Å². The number of carbonyl (C=O) groups excluding carboxylic acids is 2. The molecule has 0 saturated carbocycles. The van der Waals surface area contributed by atoms with E-state index in [9.17, 15) is 14.0 Å². The number of rotatable bonds is 9. The molecule has 1 N–H and O–H groups in total. The van der Waals surface area contributed by atoms with Crippen LogP contribution in [0.2, 0.25) is 0 Å². The maximum absolute atomic E-state index is 13.1. The van der Waals surface area contributed by atoms with Gasteiger partial charge in [0.15, 0.2) is 22.4 Å². The summed E-state index contributed by atoms with van der Waals surface area (Å²) < 4.78 is 25.9. The van der Waals surface area contributed by atoms with Crippen LogP contribution in [0.4, 0.5) is 4.39 Å². The lowest BCUT2D eigenvalue weighted by molar-refractivity contribution is -0.118. The van der Waals surface area contributed by atoms with Crippen LogP contribution in [0.5, 0.6) is 11.5 Å². The van der Waals surface area contributed by atoms with E-state index in [1.165, 1.54) is 43.0 Å². The fourth-order valence-electron chi connectivity index (χ4n) is 3.20. The van der Waals surface area contributed by atoms with E-state index < -0.39 is 0 Å². The van der Waals surface area contributed by atoms with Crippen LogP contribution in [0.3, 0.4) is 0 Å². The van der Waals surface area contributed by atoms with Crippen molar-refractivity contribution in [3.63, 3.8) is 0 Å². The fourth-order valence-corrected chi connectivity index (χ4v) is 4.06. The second kappa shape index (κ2) is 9.82. The first kappa shape index (κ1) is 21.8. The maximum Gasteiger partial charge on any atom is 0.231 e. The molecule has 1 aliphatic rings. The Hall–Kier alpha value is -3.40. The molecule has 0 unspecified atom stereocenters. The number of amides is 1. The smallest absolute Gasteiger partial charge is 0.231 e. The molecule has 0 radical (unpaired) electrons. The summed E-state index contributed by atoms with van der Waals surface area (Å²) in [4.78, 5) is 23.6. The number of nitrogens with one attached hydrogen (secondary N) is 1. The van der Waals surface area contributed by atoms with Crippen molar-refractivity contribution in [3.05, 3.63) is 59.7 Å². The highest BCUT2D eigenvalue weighted by molar-refractivity contribution is 7.99. The number of hydrogen-bond acceptors (Lipinski definition) is 7. The molecule has 0 fully saturated rings. The Morgan fingerprint density at radius 2 is 1.91 bits per heavy atom. The van der Waals surface area contributed by atoms with Crippen molar-refractivity contribution in [1.29, 1.82) is 0 Å². The molecule has 10 heteroatoms. The highest BCUT2D eigenvalue weighted by Crippen LogP contribution is 2.35. The largest absolute Gasteiger partial charge is 0.454 e. The molecule has 2 aromatic carbocycles. The van der Waals surface area contributed by atoms with Gasteiger partial charge in [0.1, 0.15) is 11.6 Å². The normalized spacial score (nSPS) is 12.1. The summed E-state index contributed by atoms with van der Waals surface area (Å²) >= 11 is 1.25. The molecule has 2 heterocycles. The van der Waals surface area contributed by atoms with E-state index in [-0.39, 0.29) is 30.1 Å². The quantitative estimate of drug-likeness (QED) is 0.300. The molecule has 0 bridgehead atoms. The molecule has 166 valence electrons. The predicted molar refractivity (Wildman–Crippen MR) is 116 cm³/mol. The molecular formula is C22H21FN4O4S. The van der Waals surface area contributed by atoms with Crippen LogP contribution < -0.4 is 14.8 Å². The third-order valence-electron chi connectivity index (χ3n) is 4.76. The van der Waals surface area contributed by atoms with Crippen LogP contribution in [-0.2, 0) is 11.2 Å². The fraction of sp³-hybridized carbons (Fsp3) is 0.273. The van der Waals surface area contributed by atoms with Gasteiger partial charge in [0.25, 0.3) is 0 Å². The zero-order valence-corrected chi connectivity index (χ0v) is 18.2. The van der Waals surface area contributed by atoms with Crippen LogP contribution in [-0.4, -0.2) is 45.5 Å². The Balaban J connectivity index is 1.55. The van der Waals surface area contributed by atoms with Gasteiger partial charge in [-0.3, -0.25) is 14.2 Å². The standard InChI is InChI=1S/C22H21FN4O4S/c1-14(28)24-10-2-3-21-25-26-22(32-12-18(29)15-4-6-16(23)7-5-15)27(21)17-8-9-19-20(11-17)31-13-30-19/h4-9,11H,2-3,10,12-13H2,1H3,(H,24,28). The third kappa shape index (κ3) is 5.08. The number of nitrogens with zero attached hydrogens (tertiary/aromatic N) is 3. The number of halogens is 1. The van der Waals surface area contributed by atoms with Crippen molar-refractivity contribution in [3.8, 4) is 17.2 Å². The summed E-state index contributed by atoms with van der Waals surface area (Å²) in [5.74, 6) is 1.50. The average molecular weight is 456 g/mol. The second-order valence-corrected chi connectivity index (χ2v) is 8.02. The SMILES string of the molecule is CC(=O)NCCCc1nnc(SCC(=O)c2ccc(F)cc2)n1-c1ccc2c(c1)OCO2. The monoisotopic (exact) mass is 456 g/mol. The average Bonchev–Trinajstić information content (AvgIpc) is 3.41. The zero-order valence-electron chi connectivity index (χ0n) is 17.3. The molecular weight excluding hydrogens is 435 g/mol. The number of hydrogen-bond donors (Lipinski definition) is 1. The number of Topliss-reactive ketones (excluding diaryl/α,β-unsaturated/α-hetero) is 1. The first-order valence-corrected chi connectivity index (χ1v) is 11.0. The van der Waals surface area contributed by atoms with Gasteiger partial charge in [0.05, 0.1) is 11.4 Å². The molecule has 0 saturated heterocycles. The first-order chi connectivity index (χ1) is 15.5. The Morgan fingerprint density at radius 1 is 1.12 bits per heavy atom. The molecule has 3 aromatic rings.